The average Bonchev–Trinajstić information content (AvgIpc) is 2.60. The molecular weight excluding hydrogens is 338 g/mol. The van der Waals surface area contributed by atoms with Crippen LogP contribution in [0.25, 0.3) is 0 Å². The third-order valence-corrected chi connectivity index (χ3v) is 5.11. The zero-order valence-electron chi connectivity index (χ0n) is 14.6. The van der Waals surface area contributed by atoms with E-state index in [9.17, 15) is 13.2 Å². The van der Waals surface area contributed by atoms with Gasteiger partial charge in [0.15, 0.2) is 0 Å². The zero-order chi connectivity index (χ0) is 18.4. The normalized spacial score (nSPS) is 11.0. The number of hydrogen-bond donors (Lipinski definition) is 1. The molecule has 0 saturated carbocycles. The van der Waals surface area contributed by atoms with Crippen LogP contribution in [-0.4, -0.2) is 47.8 Å². The maximum Gasteiger partial charge on any atom is 0.253 e. The number of para-hydroxylation sites is 2. The molecule has 2 aromatic carbocycles. The number of anilines is 2. The van der Waals surface area contributed by atoms with E-state index in [2.05, 4.69) is 5.32 Å². The van der Waals surface area contributed by atoms with E-state index in [-0.39, 0.29) is 5.91 Å². The van der Waals surface area contributed by atoms with Gasteiger partial charge in [-0.2, -0.15) is 0 Å². The highest BCUT2D eigenvalue weighted by Crippen LogP contribution is 2.21. The summed E-state index contributed by atoms with van der Waals surface area (Å²) in [4.78, 5) is 14.5. The van der Waals surface area contributed by atoms with Gasteiger partial charge in [0.25, 0.3) is 5.91 Å². The van der Waals surface area contributed by atoms with Crippen molar-refractivity contribution in [3.63, 3.8) is 0 Å². The van der Waals surface area contributed by atoms with Crippen molar-refractivity contribution in [2.45, 2.75) is 0 Å². The van der Waals surface area contributed by atoms with Crippen LogP contribution in [0.2, 0.25) is 0 Å². The third kappa shape index (κ3) is 4.96. The van der Waals surface area contributed by atoms with E-state index in [0.717, 1.165) is 16.2 Å². The molecule has 0 aromatic heterocycles. The van der Waals surface area contributed by atoms with Crippen LogP contribution in [0.15, 0.2) is 54.6 Å². The highest BCUT2D eigenvalue weighted by molar-refractivity contribution is 7.92. The summed E-state index contributed by atoms with van der Waals surface area (Å²) in [5, 5.41) is 2.84. The summed E-state index contributed by atoms with van der Waals surface area (Å²) in [5.74, 6) is -0.299. The standard InChI is InChI=1S/C18H23N3O3S/c1-20(15-9-5-4-6-10-15)14-13-19-18(22)16-11-7-8-12-17(16)21(2)25(3,23)24/h4-12H,13-14H2,1-3H3,(H,19,22). The molecule has 0 aliphatic rings. The van der Waals surface area contributed by atoms with Gasteiger partial charge in [0.05, 0.1) is 17.5 Å². The molecule has 0 aliphatic heterocycles. The molecule has 0 heterocycles. The Labute approximate surface area is 149 Å². The minimum absolute atomic E-state index is 0.299. The summed E-state index contributed by atoms with van der Waals surface area (Å²) in [5.41, 5.74) is 1.76. The average molecular weight is 361 g/mol. The van der Waals surface area contributed by atoms with E-state index < -0.39 is 10.0 Å². The number of carbonyl (C=O) groups excluding carboxylic acids is 1. The van der Waals surface area contributed by atoms with E-state index in [1.54, 1.807) is 24.3 Å². The lowest BCUT2D eigenvalue weighted by Gasteiger charge is -2.21. The molecule has 2 rings (SSSR count). The molecule has 0 atom stereocenters. The van der Waals surface area contributed by atoms with Crippen molar-refractivity contribution in [3.05, 3.63) is 60.2 Å². The summed E-state index contributed by atoms with van der Waals surface area (Å²) in [6.45, 7) is 1.08. The lowest BCUT2D eigenvalue weighted by Crippen LogP contribution is -2.34. The molecule has 25 heavy (non-hydrogen) atoms. The lowest BCUT2D eigenvalue weighted by molar-refractivity contribution is 0.0955. The van der Waals surface area contributed by atoms with Gasteiger partial charge >= 0.3 is 0 Å². The number of carbonyl (C=O) groups is 1. The highest BCUT2D eigenvalue weighted by Gasteiger charge is 2.19. The van der Waals surface area contributed by atoms with Crippen molar-refractivity contribution in [3.8, 4) is 0 Å². The van der Waals surface area contributed by atoms with Crippen LogP contribution in [0.4, 0.5) is 11.4 Å². The molecule has 1 amide bonds. The van der Waals surface area contributed by atoms with Gasteiger partial charge < -0.3 is 10.2 Å². The molecule has 0 aliphatic carbocycles. The fourth-order valence-electron chi connectivity index (χ4n) is 2.36. The second-order valence-corrected chi connectivity index (χ2v) is 7.77. The monoisotopic (exact) mass is 361 g/mol. The number of sulfonamides is 1. The fourth-order valence-corrected chi connectivity index (χ4v) is 2.88. The van der Waals surface area contributed by atoms with Gasteiger partial charge in [-0.15, -0.1) is 0 Å². The molecule has 7 heteroatoms. The lowest BCUT2D eigenvalue weighted by atomic mass is 10.1. The predicted molar refractivity (Wildman–Crippen MR) is 102 cm³/mol. The Bertz CT molecular complexity index is 822. The second-order valence-electron chi connectivity index (χ2n) is 5.76. The van der Waals surface area contributed by atoms with Crippen LogP contribution in [0, 0.1) is 0 Å². The molecule has 0 saturated heterocycles. The van der Waals surface area contributed by atoms with Crippen LogP contribution in [0.5, 0.6) is 0 Å². The van der Waals surface area contributed by atoms with Gasteiger partial charge in [0.1, 0.15) is 0 Å². The maximum atomic E-state index is 12.5. The van der Waals surface area contributed by atoms with E-state index in [4.69, 9.17) is 0 Å². The minimum atomic E-state index is -3.44. The maximum absolute atomic E-state index is 12.5. The number of hydrogen-bond acceptors (Lipinski definition) is 4. The molecule has 6 nitrogen and oxygen atoms in total. The Morgan fingerprint density at radius 3 is 2.24 bits per heavy atom. The summed E-state index contributed by atoms with van der Waals surface area (Å²) in [7, 11) is -0.0504. The number of nitrogens with one attached hydrogen (secondary N) is 1. The van der Waals surface area contributed by atoms with Crippen molar-refractivity contribution >= 4 is 27.3 Å². The molecule has 0 spiro atoms. The minimum Gasteiger partial charge on any atom is -0.373 e. The highest BCUT2D eigenvalue weighted by atomic mass is 32.2. The fraction of sp³-hybridized carbons (Fsp3) is 0.278. The first kappa shape index (κ1) is 18.8. The van der Waals surface area contributed by atoms with Gasteiger partial charge in [-0.05, 0) is 24.3 Å². The first-order chi connectivity index (χ1) is 11.8. The summed E-state index contributed by atoms with van der Waals surface area (Å²) >= 11 is 0. The molecule has 0 unspecified atom stereocenters. The van der Waals surface area contributed by atoms with Crippen molar-refractivity contribution in [2.24, 2.45) is 0 Å². The van der Waals surface area contributed by atoms with Crippen molar-refractivity contribution in [2.75, 3.05) is 42.6 Å². The SMILES string of the molecule is CN(CCNC(=O)c1ccccc1N(C)S(C)(=O)=O)c1ccccc1. The molecule has 0 bridgehead atoms. The quantitative estimate of drug-likeness (QED) is 0.818. The van der Waals surface area contributed by atoms with Crippen LogP contribution in [-0.2, 0) is 10.0 Å². The van der Waals surface area contributed by atoms with Crippen LogP contribution >= 0.6 is 0 Å². The molecular formula is C18H23N3O3S. The Morgan fingerprint density at radius 1 is 1.00 bits per heavy atom. The van der Waals surface area contributed by atoms with Gasteiger partial charge in [0.2, 0.25) is 10.0 Å². The number of likely N-dealkylation sites (N-methyl/N-ethyl adjacent to an activating group) is 1. The van der Waals surface area contributed by atoms with Crippen molar-refractivity contribution < 1.29 is 13.2 Å². The number of benzene rings is 2. The molecule has 0 fully saturated rings. The number of rotatable bonds is 7. The van der Waals surface area contributed by atoms with Crippen LogP contribution in [0.1, 0.15) is 10.4 Å². The van der Waals surface area contributed by atoms with Gasteiger partial charge in [0, 0.05) is 32.9 Å². The summed E-state index contributed by atoms with van der Waals surface area (Å²) in [6, 6.07) is 16.5. The van der Waals surface area contributed by atoms with Crippen molar-refractivity contribution in [1.82, 2.24) is 5.32 Å². The Kier molecular flexibility index (Phi) is 6.03. The van der Waals surface area contributed by atoms with E-state index >= 15 is 0 Å². The largest absolute Gasteiger partial charge is 0.373 e. The second kappa shape index (κ2) is 8.02. The molecule has 1 N–H and O–H groups in total. The number of amides is 1. The Morgan fingerprint density at radius 2 is 1.60 bits per heavy atom. The molecule has 2 aromatic rings. The summed E-state index contributed by atoms with van der Waals surface area (Å²) in [6.07, 6.45) is 1.11. The zero-order valence-corrected chi connectivity index (χ0v) is 15.5. The third-order valence-electron chi connectivity index (χ3n) is 3.92. The molecule has 134 valence electrons. The number of nitrogens with zero attached hydrogens (tertiary/aromatic N) is 2. The Hall–Kier alpha value is -2.54. The summed E-state index contributed by atoms with van der Waals surface area (Å²) < 4.78 is 24.6. The van der Waals surface area contributed by atoms with E-state index in [1.165, 1.54) is 7.05 Å². The van der Waals surface area contributed by atoms with Gasteiger partial charge in [-0.1, -0.05) is 30.3 Å². The van der Waals surface area contributed by atoms with E-state index in [0.29, 0.717) is 24.3 Å². The van der Waals surface area contributed by atoms with Crippen LogP contribution < -0.4 is 14.5 Å². The van der Waals surface area contributed by atoms with Gasteiger partial charge in [-0.3, -0.25) is 9.10 Å². The first-order valence-electron chi connectivity index (χ1n) is 7.88. The van der Waals surface area contributed by atoms with Gasteiger partial charge in [-0.25, -0.2) is 8.42 Å². The smallest absolute Gasteiger partial charge is 0.253 e. The Balaban J connectivity index is 2.02. The van der Waals surface area contributed by atoms with Crippen LogP contribution in [0.3, 0.4) is 0 Å². The molecule has 0 radical (unpaired) electrons. The predicted octanol–water partition coefficient (Wildman–Crippen LogP) is 1.95. The topological polar surface area (TPSA) is 69.7 Å². The first-order valence-corrected chi connectivity index (χ1v) is 9.73. The van der Waals surface area contributed by atoms with Crippen molar-refractivity contribution in [1.29, 1.82) is 0 Å². The van der Waals surface area contributed by atoms with E-state index in [1.807, 2.05) is 42.3 Å².